The number of rotatable bonds is 6. The van der Waals surface area contributed by atoms with Crippen molar-refractivity contribution in [1.82, 2.24) is 30.0 Å². The molecule has 3 aromatic rings. The summed E-state index contributed by atoms with van der Waals surface area (Å²) >= 11 is 0. The van der Waals surface area contributed by atoms with Gasteiger partial charge in [-0.3, -0.25) is 4.68 Å². The monoisotopic (exact) mass is 461 g/mol. The van der Waals surface area contributed by atoms with E-state index < -0.39 is 0 Å². The molecule has 1 aliphatic heterocycles. The topological polar surface area (TPSA) is 88.0 Å². The van der Waals surface area contributed by atoms with E-state index in [1.807, 2.05) is 34.8 Å². The number of nitrogens with one attached hydrogen (secondary N) is 2. The zero-order chi connectivity index (χ0) is 24.3. The van der Waals surface area contributed by atoms with Crippen molar-refractivity contribution >= 4 is 17.7 Å². The molecule has 0 bridgehead atoms. The Morgan fingerprint density at radius 1 is 1.24 bits per heavy atom. The van der Waals surface area contributed by atoms with Crippen LogP contribution >= 0.6 is 0 Å². The molecule has 2 N–H and O–H groups in total. The van der Waals surface area contributed by atoms with Gasteiger partial charge in [-0.25, -0.2) is 14.8 Å². The molecule has 1 aliphatic rings. The van der Waals surface area contributed by atoms with Gasteiger partial charge in [-0.15, -0.1) is 0 Å². The molecule has 0 aliphatic carbocycles. The van der Waals surface area contributed by atoms with Crippen molar-refractivity contribution in [3.05, 3.63) is 54.0 Å². The fourth-order valence-corrected chi connectivity index (χ4v) is 4.30. The molecule has 180 valence electrons. The van der Waals surface area contributed by atoms with Crippen LogP contribution in [-0.4, -0.2) is 43.8 Å². The van der Waals surface area contributed by atoms with Crippen molar-refractivity contribution in [3.8, 4) is 11.3 Å². The second-order valence-electron chi connectivity index (χ2n) is 10.1. The van der Waals surface area contributed by atoms with Crippen LogP contribution in [0.1, 0.15) is 45.2 Å². The summed E-state index contributed by atoms with van der Waals surface area (Å²) in [7, 11) is 0. The quantitative estimate of drug-likeness (QED) is 0.540. The third-order valence-electron chi connectivity index (χ3n) is 6.64. The third-order valence-corrected chi connectivity index (χ3v) is 6.64. The summed E-state index contributed by atoms with van der Waals surface area (Å²) in [5, 5.41) is 10.6. The predicted molar refractivity (Wildman–Crippen MR) is 135 cm³/mol. The minimum atomic E-state index is 0.0214. The first kappa shape index (κ1) is 23.7. The number of nitrogens with zero attached hydrogens (tertiary/aromatic N) is 5. The Morgan fingerprint density at radius 3 is 2.74 bits per heavy atom. The van der Waals surface area contributed by atoms with E-state index in [1.54, 1.807) is 12.4 Å². The summed E-state index contributed by atoms with van der Waals surface area (Å²) < 4.78 is 1.85. The Morgan fingerprint density at radius 2 is 2.06 bits per heavy atom. The Balaban J connectivity index is 1.38. The molecule has 2 aromatic heterocycles. The van der Waals surface area contributed by atoms with Crippen LogP contribution in [0.25, 0.3) is 11.3 Å². The molecule has 1 atom stereocenters. The molecule has 4 rings (SSSR count). The number of benzene rings is 1. The molecule has 8 nitrogen and oxygen atoms in total. The van der Waals surface area contributed by atoms with Crippen molar-refractivity contribution in [2.75, 3.05) is 18.4 Å². The van der Waals surface area contributed by atoms with Gasteiger partial charge < -0.3 is 15.5 Å². The molecule has 8 heteroatoms. The van der Waals surface area contributed by atoms with Gasteiger partial charge in [-0.1, -0.05) is 32.9 Å². The zero-order valence-electron chi connectivity index (χ0n) is 20.8. The minimum Gasteiger partial charge on any atom is -0.334 e. The summed E-state index contributed by atoms with van der Waals surface area (Å²) in [5.74, 6) is 1.08. The second-order valence-corrected chi connectivity index (χ2v) is 10.1. The van der Waals surface area contributed by atoms with Gasteiger partial charge in [-0.05, 0) is 54.9 Å². The molecule has 1 aromatic carbocycles. The fourth-order valence-electron chi connectivity index (χ4n) is 4.30. The number of amides is 2. The normalized spacial score (nSPS) is 16.0. The number of carbonyl (C=O) groups excluding carboxylic acids is 1. The van der Waals surface area contributed by atoms with Crippen molar-refractivity contribution in [2.45, 2.75) is 54.1 Å². The van der Waals surface area contributed by atoms with Gasteiger partial charge in [0.2, 0.25) is 5.95 Å². The smallest absolute Gasteiger partial charge is 0.317 e. The fraction of sp³-hybridized carbons (Fsp3) is 0.462. The van der Waals surface area contributed by atoms with Crippen LogP contribution in [0.15, 0.2) is 42.9 Å². The van der Waals surface area contributed by atoms with Crippen LogP contribution < -0.4 is 10.6 Å². The number of aryl methyl sites for hydroxylation is 2. The maximum atomic E-state index is 12.7. The van der Waals surface area contributed by atoms with Crippen LogP contribution in [0.5, 0.6) is 0 Å². The highest BCUT2D eigenvalue weighted by molar-refractivity contribution is 5.74. The molecule has 0 radical (unpaired) electrons. The van der Waals surface area contributed by atoms with E-state index in [2.05, 4.69) is 65.5 Å². The molecule has 0 spiro atoms. The van der Waals surface area contributed by atoms with Gasteiger partial charge in [0.15, 0.2) is 0 Å². The molecule has 0 saturated carbocycles. The van der Waals surface area contributed by atoms with E-state index in [4.69, 9.17) is 0 Å². The average Bonchev–Trinajstić information content (AvgIpc) is 3.48. The first-order valence-corrected chi connectivity index (χ1v) is 12.0. The second kappa shape index (κ2) is 9.83. The van der Waals surface area contributed by atoms with Crippen LogP contribution in [0.3, 0.4) is 0 Å². The lowest BCUT2D eigenvalue weighted by Gasteiger charge is -2.27. The maximum Gasteiger partial charge on any atom is 0.317 e. The third kappa shape index (κ3) is 5.55. The minimum absolute atomic E-state index is 0.0214. The van der Waals surface area contributed by atoms with Gasteiger partial charge in [-0.2, -0.15) is 5.10 Å². The summed E-state index contributed by atoms with van der Waals surface area (Å²) in [6.07, 6.45) is 6.51. The summed E-state index contributed by atoms with van der Waals surface area (Å²) in [5.41, 5.74) is 5.15. The SMILES string of the molecule is CCn1cc(Nc2nccc(-c3ccc(CNC(=O)N4CCC(C(C)(C)C)C4)c(C)c3)n2)cn1. The molecule has 34 heavy (non-hydrogen) atoms. The largest absolute Gasteiger partial charge is 0.334 e. The lowest BCUT2D eigenvalue weighted by Crippen LogP contribution is -2.39. The molecular weight excluding hydrogens is 426 g/mol. The van der Waals surface area contributed by atoms with E-state index in [0.29, 0.717) is 18.4 Å². The number of hydrogen-bond acceptors (Lipinski definition) is 5. The van der Waals surface area contributed by atoms with Gasteiger partial charge in [0.25, 0.3) is 0 Å². The van der Waals surface area contributed by atoms with Crippen molar-refractivity contribution in [3.63, 3.8) is 0 Å². The van der Waals surface area contributed by atoms with E-state index in [9.17, 15) is 4.79 Å². The van der Waals surface area contributed by atoms with E-state index in [1.165, 1.54) is 0 Å². The van der Waals surface area contributed by atoms with Gasteiger partial charge >= 0.3 is 6.03 Å². The molecule has 1 unspecified atom stereocenters. The van der Waals surface area contributed by atoms with Crippen molar-refractivity contribution in [1.29, 1.82) is 0 Å². The van der Waals surface area contributed by atoms with E-state index in [0.717, 1.165) is 54.1 Å². The van der Waals surface area contributed by atoms with Gasteiger partial charge in [0.05, 0.1) is 17.6 Å². The highest BCUT2D eigenvalue weighted by Gasteiger charge is 2.33. The Hall–Kier alpha value is -3.42. The Bertz CT molecular complexity index is 1150. The standard InChI is InChI=1S/C26H35N7O/c1-6-33-17-22(15-29-33)30-24-27-11-9-23(31-24)19-7-8-20(18(2)13-19)14-28-25(34)32-12-10-21(16-32)26(3,4)5/h7-9,11,13,15,17,21H,6,10,12,14,16H2,1-5H3,(H,28,34)(H,27,30,31). The number of anilines is 2. The van der Waals surface area contributed by atoms with Crippen LogP contribution in [0.2, 0.25) is 0 Å². The lowest BCUT2D eigenvalue weighted by molar-refractivity contribution is 0.196. The van der Waals surface area contributed by atoms with Gasteiger partial charge in [0.1, 0.15) is 0 Å². The highest BCUT2D eigenvalue weighted by atomic mass is 16.2. The van der Waals surface area contributed by atoms with Crippen molar-refractivity contribution in [2.24, 2.45) is 11.3 Å². The average molecular weight is 462 g/mol. The molecule has 1 saturated heterocycles. The molecule has 3 heterocycles. The lowest BCUT2D eigenvalue weighted by atomic mass is 9.80. The summed E-state index contributed by atoms with van der Waals surface area (Å²) in [6, 6.07) is 8.13. The predicted octanol–water partition coefficient (Wildman–Crippen LogP) is 4.99. The zero-order valence-corrected chi connectivity index (χ0v) is 20.8. The van der Waals surface area contributed by atoms with Crippen LogP contribution in [0, 0.1) is 18.3 Å². The number of urea groups is 1. The van der Waals surface area contributed by atoms with E-state index in [-0.39, 0.29) is 11.4 Å². The van der Waals surface area contributed by atoms with Crippen molar-refractivity contribution < 1.29 is 4.79 Å². The maximum absolute atomic E-state index is 12.7. The van der Waals surface area contributed by atoms with E-state index >= 15 is 0 Å². The first-order chi connectivity index (χ1) is 16.2. The first-order valence-electron chi connectivity index (χ1n) is 12.0. The Labute approximate surface area is 201 Å². The highest BCUT2D eigenvalue weighted by Crippen LogP contribution is 2.33. The number of likely N-dealkylation sites (tertiary alicyclic amines) is 1. The number of aromatic nitrogens is 4. The summed E-state index contributed by atoms with van der Waals surface area (Å²) in [6.45, 7) is 13.8. The molecular formula is C26H35N7O. The number of hydrogen-bond donors (Lipinski definition) is 2. The summed E-state index contributed by atoms with van der Waals surface area (Å²) in [4.78, 5) is 23.6. The molecule has 2 amide bonds. The van der Waals surface area contributed by atoms with Gasteiger partial charge in [0, 0.05) is 44.1 Å². The number of carbonyl (C=O) groups is 1. The van der Waals surface area contributed by atoms with Crippen LogP contribution in [-0.2, 0) is 13.1 Å². The Kier molecular flexibility index (Phi) is 6.86. The molecule has 1 fully saturated rings. The van der Waals surface area contributed by atoms with Crippen LogP contribution in [0.4, 0.5) is 16.4 Å².